The predicted octanol–water partition coefficient (Wildman–Crippen LogP) is 1.82. The highest BCUT2D eigenvalue weighted by molar-refractivity contribution is 5.97. The van der Waals surface area contributed by atoms with Crippen molar-refractivity contribution in [2.24, 2.45) is 7.05 Å². The summed E-state index contributed by atoms with van der Waals surface area (Å²) in [7, 11) is 1.71. The van der Waals surface area contributed by atoms with E-state index in [2.05, 4.69) is 5.32 Å². The van der Waals surface area contributed by atoms with Gasteiger partial charge in [-0.05, 0) is 32.0 Å². The fourth-order valence-corrected chi connectivity index (χ4v) is 1.97. The molecule has 5 heteroatoms. The highest BCUT2D eigenvalue weighted by Gasteiger charge is 2.15. The minimum Gasteiger partial charge on any atom is -0.350 e. The van der Waals surface area contributed by atoms with Crippen LogP contribution in [0.4, 0.5) is 4.39 Å². The average Bonchev–Trinajstić information content (AvgIpc) is 2.32. The number of aryl methyl sites for hydroxylation is 1. The Balaban J connectivity index is 2.68. The smallest absolute Gasteiger partial charge is 0.256 e. The van der Waals surface area contributed by atoms with Crippen molar-refractivity contribution in [1.82, 2.24) is 9.88 Å². The Hall–Kier alpha value is -2.17. The Morgan fingerprint density at radius 2 is 2.05 bits per heavy atom. The minimum absolute atomic E-state index is 0.0225. The maximum atomic E-state index is 13.2. The maximum absolute atomic E-state index is 13.2. The molecule has 0 bridgehead atoms. The molecule has 1 aromatic heterocycles. The van der Waals surface area contributed by atoms with E-state index in [9.17, 15) is 14.0 Å². The summed E-state index contributed by atoms with van der Waals surface area (Å²) in [5.41, 5.74) is 0.160. The number of nitrogens with one attached hydrogen (secondary N) is 1. The number of rotatable bonds is 2. The summed E-state index contributed by atoms with van der Waals surface area (Å²) in [6.07, 6.45) is 1.47. The Kier molecular flexibility index (Phi) is 3.38. The molecular formula is C14H15FN2O2. The zero-order valence-corrected chi connectivity index (χ0v) is 11.0. The van der Waals surface area contributed by atoms with Gasteiger partial charge in [-0.3, -0.25) is 9.59 Å². The molecule has 1 amide bonds. The standard InChI is InChI=1S/C14H15FN2O2/c1-8(2)16-14(19)11-7-17(3)12-5-4-9(15)6-10(12)13(11)18/h4-8H,1-3H3,(H,16,19). The molecule has 0 fully saturated rings. The fourth-order valence-electron chi connectivity index (χ4n) is 1.97. The van der Waals surface area contributed by atoms with Crippen LogP contribution in [0.2, 0.25) is 0 Å². The molecule has 0 saturated carbocycles. The number of halogens is 1. The van der Waals surface area contributed by atoms with E-state index >= 15 is 0 Å². The Morgan fingerprint density at radius 1 is 1.37 bits per heavy atom. The third-order valence-electron chi connectivity index (χ3n) is 2.81. The van der Waals surface area contributed by atoms with E-state index in [0.717, 1.165) is 6.07 Å². The number of aromatic nitrogens is 1. The number of hydrogen-bond donors (Lipinski definition) is 1. The molecule has 0 spiro atoms. The monoisotopic (exact) mass is 262 g/mol. The molecule has 0 radical (unpaired) electrons. The van der Waals surface area contributed by atoms with Gasteiger partial charge in [0.2, 0.25) is 5.43 Å². The molecule has 4 nitrogen and oxygen atoms in total. The molecular weight excluding hydrogens is 247 g/mol. The molecule has 2 aromatic rings. The number of fused-ring (bicyclic) bond motifs is 1. The van der Waals surface area contributed by atoms with Gasteiger partial charge in [0.15, 0.2) is 0 Å². The summed E-state index contributed by atoms with van der Waals surface area (Å²) in [5.74, 6) is -0.937. The van der Waals surface area contributed by atoms with Crippen molar-refractivity contribution in [2.45, 2.75) is 19.9 Å². The van der Waals surface area contributed by atoms with Gasteiger partial charge in [-0.15, -0.1) is 0 Å². The van der Waals surface area contributed by atoms with Crippen LogP contribution in [0.3, 0.4) is 0 Å². The second-order valence-electron chi connectivity index (χ2n) is 4.77. The first kappa shape index (κ1) is 13.3. The molecule has 0 saturated heterocycles. The Labute approximate surface area is 109 Å². The number of amides is 1. The predicted molar refractivity (Wildman–Crippen MR) is 71.7 cm³/mol. The van der Waals surface area contributed by atoms with Gasteiger partial charge in [0.05, 0.1) is 5.52 Å². The van der Waals surface area contributed by atoms with E-state index in [4.69, 9.17) is 0 Å². The number of benzene rings is 1. The normalized spacial score (nSPS) is 11.0. The van der Waals surface area contributed by atoms with E-state index in [1.165, 1.54) is 18.3 Å². The quantitative estimate of drug-likeness (QED) is 0.897. The second-order valence-corrected chi connectivity index (χ2v) is 4.77. The Bertz CT molecular complexity index is 704. The molecule has 0 aliphatic rings. The van der Waals surface area contributed by atoms with Crippen LogP contribution < -0.4 is 10.7 Å². The second kappa shape index (κ2) is 4.84. The summed E-state index contributed by atoms with van der Waals surface area (Å²) < 4.78 is 14.9. The molecule has 2 rings (SSSR count). The molecule has 1 heterocycles. The number of nitrogens with zero attached hydrogens (tertiary/aromatic N) is 1. The van der Waals surface area contributed by atoms with Crippen LogP contribution in [0.25, 0.3) is 10.9 Å². The van der Waals surface area contributed by atoms with Crippen molar-refractivity contribution in [3.8, 4) is 0 Å². The van der Waals surface area contributed by atoms with Gasteiger partial charge in [-0.1, -0.05) is 0 Å². The van der Waals surface area contributed by atoms with Gasteiger partial charge in [-0.2, -0.15) is 0 Å². The SMILES string of the molecule is CC(C)NC(=O)c1cn(C)c2ccc(F)cc2c1=O. The molecule has 0 unspecified atom stereocenters. The van der Waals surface area contributed by atoms with E-state index in [-0.39, 0.29) is 17.0 Å². The van der Waals surface area contributed by atoms with E-state index in [1.54, 1.807) is 11.6 Å². The van der Waals surface area contributed by atoms with Crippen LogP contribution >= 0.6 is 0 Å². The van der Waals surface area contributed by atoms with E-state index in [1.807, 2.05) is 13.8 Å². The molecule has 0 aliphatic carbocycles. The van der Waals surface area contributed by atoms with Gasteiger partial charge < -0.3 is 9.88 Å². The van der Waals surface area contributed by atoms with Crippen LogP contribution in [0.5, 0.6) is 0 Å². The summed E-state index contributed by atoms with van der Waals surface area (Å²) in [5, 5.41) is 2.87. The highest BCUT2D eigenvalue weighted by atomic mass is 19.1. The lowest BCUT2D eigenvalue weighted by Gasteiger charge is -2.11. The van der Waals surface area contributed by atoms with Crippen molar-refractivity contribution in [3.05, 3.63) is 46.0 Å². The number of carbonyl (C=O) groups is 1. The van der Waals surface area contributed by atoms with Gasteiger partial charge >= 0.3 is 0 Å². The lowest BCUT2D eigenvalue weighted by atomic mass is 10.1. The summed E-state index contributed by atoms with van der Waals surface area (Å²) in [4.78, 5) is 24.2. The highest BCUT2D eigenvalue weighted by Crippen LogP contribution is 2.12. The van der Waals surface area contributed by atoms with Crippen LogP contribution in [0.1, 0.15) is 24.2 Å². The van der Waals surface area contributed by atoms with Crippen molar-refractivity contribution in [1.29, 1.82) is 0 Å². The first-order valence-electron chi connectivity index (χ1n) is 6.00. The minimum atomic E-state index is -0.494. The summed E-state index contributed by atoms with van der Waals surface area (Å²) in [6.45, 7) is 3.62. The van der Waals surface area contributed by atoms with Crippen LogP contribution in [-0.4, -0.2) is 16.5 Å². The zero-order valence-electron chi connectivity index (χ0n) is 11.0. The van der Waals surface area contributed by atoms with E-state index in [0.29, 0.717) is 5.52 Å². The third kappa shape index (κ3) is 2.50. The summed E-state index contributed by atoms with van der Waals surface area (Å²) in [6, 6.07) is 3.90. The van der Waals surface area contributed by atoms with Crippen molar-refractivity contribution in [3.63, 3.8) is 0 Å². The van der Waals surface area contributed by atoms with Crippen LogP contribution in [0.15, 0.2) is 29.2 Å². The topological polar surface area (TPSA) is 51.1 Å². The average molecular weight is 262 g/mol. The Morgan fingerprint density at radius 3 is 2.68 bits per heavy atom. The van der Waals surface area contributed by atoms with E-state index < -0.39 is 17.2 Å². The number of hydrogen-bond acceptors (Lipinski definition) is 2. The first-order valence-corrected chi connectivity index (χ1v) is 6.00. The van der Waals surface area contributed by atoms with Gasteiger partial charge in [0, 0.05) is 24.7 Å². The molecule has 0 atom stereocenters. The largest absolute Gasteiger partial charge is 0.350 e. The van der Waals surface area contributed by atoms with Gasteiger partial charge in [0.25, 0.3) is 5.91 Å². The molecule has 1 aromatic carbocycles. The zero-order chi connectivity index (χ0) is 14.2. The maximum Gasteiger partial charge on any atom is 0.256 e. The summed E-state index contributed by atoms with van der Waals surface area (Å²) >= 11 is 0. The molecule has 19 heavy (non-hydrogen) atoms. The fraction of sp³-hybridized carbons (Fsp3) is 0.286. The van der Waals surface area contributed by atoms with Crippen molar-refractivity contribution >= 4 is 16.8 Å². The molecule has 1 N–H and O–H groups in total. The van der Waals surface area contributed by atoms with Crippen LogP contribution in [-0.2, 0) is 7.05 Å². The first-order chi connectivity index (χ1) is 8.90. The lowest BCUT2D eigenvalue weighted by Crippen LogP contribution is -2.34. The molecule has 100 valence electrons. The van der Waals surface area contributed by atoms with Crippen molar-refractivity contribution in [2.75, 3.05) is 0 Å². The van der Waals surface area contributed by atoms with Gasteiger partial charge in [0.1, 0.15) is 11.4 Å². The number of carbonyl (C=O) groups excluding carboxylic acids is 1. The third-order valence-corrected chi connectivity index (χ3v) is 2.81. The van der Waals surface area contributed by atoms with Crippen LogP contribution in [0, 0.1) is 5.82 Å². The molecule has 0 aliphatic heterocycles. The number of pyridine rings is 1. The van der Waals surface area contributed by atoms with Gasteiger partial charge in [-0.25, -0.2) is 4.39 Å². The lowest BCUT2D eigenvalue weighted by molar-refractivity contribution is 0.0941. The van der Waals surface area contributed by atoms with Crippen molar-refractivity contribution < 1.29 is 9.18 Å².